The number of ether oxygens (including phenoxy) is 2. The highest BCUT2D eigenvalue weighted by molar-refractivity contribution is 7.89. The van der Waals surface area contributed by atoms with Crippen molar-refractivity contribution < 1.29 is 22.7 Å². The van der Waals surface area contributed by atoms with Gasteiger partial charge in [0, 0.05) is 5.56 Å². The van der Waals surface area contributed by atoms with E-state index >= 15 is 0 Å². The Morgan fingerprint density at radius 3 is 2.70 bits per heavy atom. The zero-order chi connectivity index (χ0) is 17.3. The molecule has 0 saturated carbocycles. The van der Waals surface area contributed by atoms with Crippen LogP contribution < -0.4 is 4.74 Å². The lowest BCUT2D eigenvalue weighted by molar-refractivity contribution is -0.134. The molecule has 0 aliphatic carbocycles. The van der Waals surface area contributed by atoms with E-state index in [4.69, 9.17) is 15.9 Å². The number of nitrogens with zero attached hydrogens (tertiary/aromatic N) is 1. The summed E-state index contributed by atoms with van der Waals surface area (Å²) in [7, 11) is -3.74. The summed E-state index contributed by atoms with van der Waals surface area (Å²) in [5, 5.41) is 0. The second-order valence-corrected chi connectivity index (χ2v) is 5.94. The zero-order valence-corrected chi connectivity index (χ0v) is 13.7. The minimum absolute atomic E-state index is 0.0903. The minimum atomic E-state index is -3.74. The first-order valence-corrected chi connectivity index (χ1v) is 8.52. The summed E-state index contributed by atoms with van der Waals surface area (Å²) >= 11 is 0. The lowest BCUT2D eigenvalue weighted by atomic mass is 10.1. The average molecular weight is 335 g/mol. The van der Waals surface area contributed by atoms with E-state index in [1.165, 1.54) is 12.2 Å². The van der Waals surface area contributed by atoms with Gasteiger partial charge in [-0.3, -0.25) is 0 Å². The maximum Gasteiger partial charge on any atom is 0.357 e. The molecule has 0 aliphatic heterocycles. The van der Waals surface area contributed by atoms with Crippen molar-refractivity contribution in [1.29, 1.82) is 0 Å². The monoisotopic (exact) mass is 335 g/mol. The van der Waals surface area contributed by atoms with Gasteiger partial charge in [-0.25, -0.2) is 13.2 Å². The number of hydrogen-bond acceptors (Lipinski definition) is 5. The molecule has 0 heterocycles. The summed E-state index contributed by atoms with van der Waals surface area (Å²) in [6.07, 6.45) is 8.81. The van der Waals surface area contributed by atoms with E-state index in [1.807, 2.05) is 0 Å². The highest BCUT2D eigenvalue weighted by Crippen LogP contribution is 2.19. The highest BCUT2D eigenvalue weighted by atomic mass is 32.2. The van der Waals surface area contributed by atoms with Gasteiger partial charge in [-0.15, -0.1) is 6.42 Å². The largest absolute Gasteiger partial charge is 0.480 e. The zero-order valence-electron chi connectivity index (χ0n) is 12.9. The van der Waals surface area contributed by atoms with Crippen LogP contribution in [0.25, 0.3) is 6.08 Å². The molecule has 1 rings (SSSR count). The van der Waals surface area contributed by atoms with Gasteiger partial charge in [0.1, 0.15) is 12.4 Å². The van der Waals surface area contributed by atoms with Crippen LogP contribution in [0.5, 0.6) is 5.75 Å². The quantitative estimate of drug-likeness (QED) is 0.430. The van der Waals surface area contributed by atoms with Crippen LogP contribution in [0.4, 0.5) is 0 Å². The fourth-order valence-electron chi connectivity index (χ4n) is 1.56. The Morgan fingerprint density at radius 2 is 2.09 bits per heavy atom. The van der Waals surface area contributed by atoms with Crippen molar-refractivity contribution in [1.82, 2.24) is 0 Å². The second kappa shape index (κ2) is 8.76. The number of esters is 1. The molecular weight excluding hydrogens is 318 g/mol. The minimum Gasteiger partial charge on any atom is -0.480 e. The molecule has 0 amide bonds. The molecule has 0 saturated heterocycles. The molecule has 1 aromatic rings. The molecule has 0 unspecified atom stereocenters. The van der Waals surface area contributed by atoms with Crippen LogP contribution >= 0.6 is 0 Å². The third kappa shape index (κ3) is 6.80. The SMILES string of the molecule is C#CCOc1ccccc1/C=C/C(=N/S(C)(=O)=O)C(=O)OCC. The van der Waals surface area contributed by atoms with Crippen molar-refractivity contribution in [2.24, 2.45) is 4.40 Å². The molecule has 0 fully saturated rings. The fraction of sp³-hybridized carbons (Fsp3) is 0.250. The van der Waals surface area contributed by atoms with E-state index in [1.54, 1.807) is 31.2 Å². The van der Waals surface area contributed by atoms with Crippen molar-refractivity contribution in [2.75, 3.05) is 19.5 Å². The molecule has 0 aliphatic rings. The molecule has 0 N–H and O–H groups in total. The van der Waals surface area contributed by atoms with Crippen molar-refractivity contribution in [3.05, 3.63) is 35.9 Å². The van der Waals surface area contributed by atoms with Crippen LogP contribution in [0, 0.1) is 12.3 Å². The Kier molecular flexibility index (Phi) is 7.03. The van der Waals surface area contributed by atoms with Gasteiger partial charge in [-0.05, 0) is 25.1 Å². The first-order chi connectivity index (χ1) is 10.9. The molecular formula is C16H17NO5S. The van der Waals surface area contributed by atoms with Gasteiger partial charge >= 0.3 is 5.97 Å². The van der Waals surface area contributed by atoms with Gasteiger partial charge in [-0.1, -0.05) is 24.1 Å². The van der Waals surface area contributed by atoms with E-state index < -0.39 is 16.0 Å². The number of sulfonamides is 1. The molecule has 1 aromatic carbocycles. The summed E-state index contributed by atoms with van der Waals surface area (Å²) < 4.78 is 36.1. The normalized spacial score (nSPS) is 12.0. The number of benzene rings is 1. The highest BCUT2D eigenvalue weighted by Gasteiger charge is 2.13. The van der Waals surface area contributed by atoms with Crippen LogP contribution in [-0.2, 0) is 19.6 Å². The predicted molar refractivity (Wildman–Crippen MR) is 88.7 cm³/mol. The number of terminal acetylenes is 1. The molecule has 0 atom stereocenters. The smallest absolute Gasteiger partial charge is 0.357 e. The Bertz CT molecular complexity index is 757. The lowest BCUT2D eigenvalue weighted by Gasteiger charge is -2.06. The predicted octanol–water partition coefficient (Wildman–Crippen LogP) is 1.68. The topological polar surface area (TPSA) is 82.0 Å². The third-order valence-corrected chi connectivity index (χ3v) is 2.93. The summed E-state index contributed by atoms with van der Waals surface area (Å²) in [4.78, 5) is 11.8. The summed E-state index contributed by atoms with van der Waals surface area (Å²) in [6.45, 7) is 1.81. The van der Waals surface area contributed by atoms with Crippen LogP contribution in [-0.4, -0.2) is 39.6 Å². The van der Waals surface area contributed by atoms with E-state index in [0.29, 0.717) is 11.3 Å². The van der Waals surface area contributed by atoms with Crippen LogP contribution in [0.15, 0.2) is 34.7 Å². The van der Waals surface area contributed by atoms with E-state index in [-0.39, 0.29) is 18.9 Å². The van der Waals surface area contributed by atoms with Crippen molar-refractivity contribution in [2.45, 2.75) is 6.92 Å². The van der Waals surface area contributed by atoms with Gasteiger partial charge in [0.2, 0.25) is 0 Å². The van der Waals surface area contributed by atoms with Crippen LogP contribution in [0.1, 0.15) is 12.5 Å². The Labute approximate surface area is 135 Å². The second-order valence-electron chi connectivity index (χ2n) is 4.29. The van der Waals surface area contributed by atoms with Crippen molar-refractivity contribution >= 4 is 27.8 Å². The van der Waals surface area contributed by atoms with Gasteiger partial charge in [-0.2, -0.15) is 4.40 Å². The van der Waals surface area contributed by atoms with Crippen molar-refractivity contribution in [3.8, 4) is 18.1 Å². The number of para-hydroxylation sites is 1. The molecule has 23 heavy (non-hydrogen) atoms. The summed E-state index contributed by atoms with van der Waals surface area (Å²) in [5.41, 5.74) is 0.300. The van der Waals surface area contributed by atoms with Crippen molar-refractivity contribution in [3.63, 3.8) is 0 Å². The summed E-state index contributed by atoms with van der Waals surface area (Å²) in [5.74, 6) is 2.03. The molecule has 0 spiro atoms. The van der Waals surface area contributed by atoms with Crippen LogP contribution in [0.2, 0.25) is 0 Å². The average Bonchev–Trinajstić information content (AvgIpc) is 2.49. The lowest BCUT2D eigenvalue weighted by Crippen LogP contribution is -2.17. The standard InChI is InChI=1S/C16H17NO5S/c1-4-12-22-15-9-7-6-8-13(15)10-11-14(16(18)21-5-2)17-23(3,19)20/h1,6-11H,5,12H2,2-3H3/b11-10+,17-14-. The van der Waals surface area contributed by atoms with E-state index in [9.17, 15) is 13.2 Å². The Morgan fingerprint density at radius 1 is 1.39 bits per heavy atom. The number of carbonyl (C=O) groups is 1. The third-order valence-electron chi connectivity index (χ3n) is 2.40. The molecule has 6 nitrogen and oxygen atoms in total. The van der Waals surface area contributed by atoms with E-state index in [0.717, 1.165) is 6.26 Å². The van der Waals surface area contributed by atoms with Gasteiger partial charge in [0.15, 0.2) is 5.71 Å². The van der Waals surface area contributed by atoms with E-state index in [2.05, 4.69) is 10.3 Å². The van der Waals surface area contributed by atoms with Gasteiger partial charge < -0.3 is 9.47 Å². The first kappa shape index (κ1) is 18.5. The first-order valence-electron chi connectivity index (χ1n) is 6.67. The van der Waals surface area contributed by atoms with Gasteiger partial charge in [0.05, 0.1) is 12.9 Å². The molecule has 7 heteroatoms. The molecule has 0 bridgehead atoms. The maximum absolute atomic E-state index is 11.8. The Balaban J connectivity index is 3.14. The van der Waals surface area contributed by atoms with Crippen LogP contribution in [0.3, 0.4) is 0 Å². The number of rotatable bonds is 7. The van der Waals surface area contributed by atoms with Gasteiger partial charge in [0.25, 0.3) is 10.0 Å². The molecule has 0 radical (unpaired) electrons. The fourth-order valence-corrected chi connectivity index (χ4v) is 2.05. The number of hydrogen-bond donors (Lipinski definition) is 0. The molecule has 122 valence electrons. The Hall–Kier alpha value is -2.59. The number of carbonyl (C=O) groups excluding carboxylic acids is 1. The molecule has 0 aromatic heterocycles. The summed E-state index contributed by atoms with van der Waals surface area (Å²) in [6, 6.07) is 6.96. The maximum atomic E-state index is 11.8.